The van der Waals surface area contributed by atoms with Crippen molar-refractivity contribution in [3.8, 4) is 17.2 Å². The molecule has 2 aliphatic carbocycles. The van der Waals surface area contributed by atoms with E-state index < -0.39 is 104 Å². The number of alkyl halides is 2. The Hall–Kier alpha value is -3.95. The highest BCUT2D eigenvalue weighted by Crippen LogP contribution is 2.66. The smallest absolute Gasteiger partial charge is 0.258 e. The number of imide groups is 2. The number of carbonyl (C=O) groups excluding carboxylic acids is 4. The van der Waals surface area contributed by atoms with Crippen molar-refractivity contribution in [2.75, 3.05) is 19.1 Å². The molecule has 2 aromatic carbocycles. The van der Waals surface area contributed by atoms with Crippen LogP contribution in [0.2, 0.25) is 0 Å². The standard InChI is InChI=1S/C28H19Cl2F5N2O8/c1-44-12-5-8(6-13(45-2)22(12)38)15-9-3-4-10-14(24(40)37(43)23(10)39)11(9)7-27(29)25(41)36(26(42)28(15,27)30)21-19(34)17(32)16(31)18(33)20(21)35/h3,5-6,10-11,14-15,38,43H,4,7H2,1-2H3/t10-,11+,14-,15-,27+,28-/m0/s1. The predicted molar refractivity (Wildman–Crippen MR) is 141 cm³/mol. The number of ether oxygens (including phenoxy) is 2. The van der Waals surface area contributed by atoms with E-state index in [1.165, 1.54) is 32.4 Å². The first-order chi connectivity index (χ1) is 21.1. The molecule has 17 heteroatoms. The molecule has 45 heavy (non-hydrogen) atoms. The van der Waals surface area contributed by atoms with Crippen molar-refractivity contribution in [3.05, 3.63) is 58.4 Å². The Morgan fingerprint density at radius 1 is 0.844 bits per heavy atom. The van der Waals surface area contributed by atoms with Gasteiger partial charge in [0.05, 0.1) is 26.1 Å². The molecule has 0 radical (unpaired) electrons. The summed E-state index contributed by atoms with van der Waals surface area (Å²) in [7, 11) is 2.34. The van der Waals surface area contributed by atoms with Crippen LogP contribution in [0.4, 0.5) is 27.6 Å². The van der Waals surface area contributed by atoms with Crippen LogP contribution in [0.1, 0.15) is 24.3 Å². The van der Waals surface area contributed by atoms with Gasteiger partial charge in [0.25, 0.3) is 23.6 Å². The van der Waals surface area contributed by atoms with Crippen molar-refractivity contribution in [3.63, 3.8) is 0 Å². The number of hydrogen-bond donors (Lipinski definition) is 2. The maximum atomic E-state index is 15.1. The Labute approximate surface area is 259 Å². The molecular formula is C28H19Cl2F5N2O8. The molecule has 3 fully saturated rings. The summed E-state index contributed by atoms with van der Waals surface area (Å²) >= 11 is 14.0. The van der Waals surface area contributed by atoms with E-state index in [2.05, 4.69) is 0 Å². The quantitative estimate of drug-likeness (QED) is 0.0943. The lowest BCUT2D eigenvalue weighted by atomic mass is 9.56. The predicted octanol–water partition coefficient (Wildman–Crippen LogP) is 4.06. The molecule has 238 valence electrons. The number of fused-ring (bicyclic) bond motifs is 4. The summed E-state index contributed by atoms with van der Waals surface area (Å²) in [6, 6.07) is 2.36. The minimum absolute atomic E-state index is 0.0473. The number of methoxy groups -OCH3 is 2. The van der Waals surface area contributed by atoms with Gasteiger partial charge in [0, 0.05) is 5.92 Å². The van der Waals surface area contributed by atoms with E-state index in [1.807, 2.05) is 0 Å². The van der Waals surface area contributed by atoms with Crippen LogP contribution in [0, 0.1) is 46.8 Å². The lowest BCUT2D eigenvalue weighted by Gasteiger charge is -2.50. The van der Waals surface area contributed by atoms with Crippen LogP contribution in [0.15, 0.2) is 23.8 Å². The Bertz CT molecular complexity index is 1740. The van der Waals surface area contributed by atoms with E-state index in [0.29, 0.717) is 0 Å². The first-order valence-corrected chi connectivity index (χ1v) is 13.8. The largest absolute Gasteiger partial charge is 0.502 e. The van der Waals surface area contributed by atoms with Gasteiger partial charge in [-0.2, -0.15) is 5.06 Å². The van der Waals surface area contributed by atoms with Gasteiger partial charge in [-0.1, -0.05) is 11.6 Å². The number of hydrogen-bond acceptors (Lipinski definition) is 8. The fourth-order valence-electron chi connectivity index (χ4n) is 7.00. The van der Waals surface area contributed by atoms with Crippen LogP contribution in [0.25, 0.3) is 0 Å². The highest BCUT2D eigenvalue weighted by Gasteiger charge is 2.77. The number of hydroxylamine groups is 2. The highest BCUT2D eigenvalue weighted by molar-refractivity contribution is 6.58. The van der Waals surface area contributed by atoms with Crippen molar-refractivity contribution in [1.82, 2.24) is 5.06 Å². The highest BCUT2D eigenvalue weighted by atomic mass is 35.5. The SMILES string of the molecule is COc1cc([C@H]2C3=CC[C@@H]4C(=O)N(O)C(=O)[C@@H]4[C@@H]3C[C@@]3(Cl)C(=O)N(c4c(F)c(F)c(F)c(F)c4F)C(=O)[C@@]23Cl)cc(OC)c1O. The number of nitrogens with zero attached hydrogens (tertiary/aromatic N) is 2. The molecule has 0 bridgehead atoms. The van der Waals surface area contributed by atoms with Crippen molar-refractivity contribution in [1.29, 1.82) is 0 Å². The van der Waals surface area contributed by atoms with E-state index in [9.17, 15) is 42.7 Å². The summed E-state index contributed by atoms with van der Waals surface area (Å²) in [6.07, 6.45) is 0.538. The van der Waals surface area contributed by atoms with Gasteiger partial charge in [0.1, 0.15) is 5.69 Å². The summed E-state index contributed by atoms with van der Waals surface area (Å²) in [5.74, 6) is -24.1. The Morgan fingerprint density at radius 3 is 1.91 bits per heavy atom. The van der Waals surface area contributed by atoms with Gasteiger partial charge in [-0.25, -0.2) is 26.9 Å². The molecule has 0 spiro atoms. The average Bonchev–Trinajstić information content (AvgIpc) is 3.33. The van der Waals surface area contributed by atoms with Crippen LogP contribution in [0.3, 0.4) is 0 Å². The van der Waals surface area contributed by atoms with Gasteiger partial charge >= 0.3 is 0 Å². The van der Waals surface area contributed by atoms with E-state index in [-0.39, 0.29) is 39.0 Å². The molecule has 2 aliphatic heterocycles. The maximum absolute atomic E-state index is 15.1. The summed E-state index contributed by atoms with van der Waals surface area (Å²) in [5.41, 5.74) is -1.83. The normalized spacial score (nSPS) is 30.8. The number of carbonyl (C=O) groups is 4. The fourth-order valence-corrected chi connectivity index (χ4v) is 7.94. The number of benzene rings is 2. The van der Waals surface area contributed by atoms with Gasteiger partial charge in [-0.15, -0.1) is 23.2 Å². The van der Waals surface area contributed by atoms with Crippen LogP contribution < -0.4 is 14.4 Å². The van der Waals surface area contributed by atoms with Crippen LogP contribution in [-0.2, 0) is 19.2 Å². The van der Waals surface area contributed by atoms with E-state index in [1.54, 1.807) is 0 Å². The van der Waals surface area contributed by atoms with Gasteiger partial charge in [-0.3, -0.25) is 24.4 Å². The van der Waals surface area contributed by atoms with Crippen LogP contribution >= 0.6 is 23.2 Å². The number of rotatable bonds is 4. The van der Waals surface area contributed by atoms with Crippen LogP contribution in [-0.4, -0.2) is 63.0 Å². The van der Waals surface area contributed by atoms with Crippen molar-refractivity contribution in [2.45, 2.75) is 28.5 Å². The molecule has 6 rings (SSSR count). The van der Waals surface area contributed by atoms with Gasteiger partial charge in [0.15, 0.2) is 44.5 Å². The number of aromatic hydroxyl groups is 1. The third kappa shape index (κ3) is 3.71. The lowest BCUT2D eigenvalue weighted by Crippen LogP contribution is -2.60. The minimum atomic E-state index is -2.78. The summed E-state index contributed by atoms with van der Waals surface area (Å²) in [5, 5.41) is 20.6. The van der Waals surface area contributed by atoms with Crippen molar-refractivity contribution >= 4 is 52.5 Å². The molecule has 1 saturated carbocycles. The molecular weight excluding hydrogens is 658 g/mol. The fraction of sp³-hybridized carbons (Fsp3) is 0.357. The third-order valence-corrected chi connectivity index (χ3v) is 10.4. The number of phenolic OH excluding ortho intramolecular Hbond substituents is 1. The molecule has 2 N–H and O–H groups in total. The molecule has 0 aromatic heterocycles. The van der Waals surface area contributed by atoms with Gasteiger partial charge < -0.3 is 14.6 Å². The zero-order valence-electron chi connectivity index (χ0n) is 22.8. The zero-order valence-corrected chi connectivity index (χ0v) is 24.4. The maximum Gasteiger partial charge on any atom is 0.258 e. The monoisotopic (exact) mass is 676 g/mol. The molecule has 10 nitrogen and oxygen atoms in total. The number of phenols is 1. The Kier molecular flexibility index (Phi) is 6.92. The molecule has 4 aliphatic rings. The summed E-state index contributed by atoms with van der Waals surface area (Å²) in [4.78, 5) is 48.2. The zero-order chi connectivity index (χ0) is 33.1. The second kappa shape index (κ2) is 10.0. The Morgan fingerprint density at radius 2 is 1.38 bits per heavy atom. The Balaban J connectivity index is 1.65. The van der Waals surface area contributed by atoms with E-state index in [4.69, 9.17) is 32.7 Å². The molecule has 2 aromatic rings. The second-order valence-corrected chi connectivity index (χ2v) is 12.2. The molecule has 0 unspecified atom stereocenters. The number of amides is 4. The number of halogens is 7. The summed E-state index contributed by atoms with van der Waals surface area (Å²) < 4.78 is 83.0. The average molecular weight is 677 g/mol. The van der Waals surface area contributed by atoms with E-state index in [0.717, 1.165) is 0 Å². The van der Waals surface area contributed by atoms with Crippen LogP contribution in [0.5, 0.6) is 17.2 Å². The molecule has 2 heterocycles. The minimum Gasteiger partial charge on any atom is -0.502 e. The number of anilines is 1. The molecule has 4 amide bonds. The number of allylic oxidation sites excluding steroid dienone is 2. The topological polar surface area (TPSA) is 134 Å². The van der Waals surface area contributed by atoms with Crippen molar-refractivity contribution in [2.24, 2.45) is 17.8 Å². The first kappa shape index (κ1) is 31.0. The lowest BCUT2D eigenvalue weighted by molar-refractivity contribution is -0.173. The first-order valence-electron chi connectivity index (χ1n) is 13.1. The summed E-state index contributed by atoms with van der Waals surface area (Å²) in [6.45, 7) is 0. The second-order valence-electron chi connectivity index (χ2n) is 11.0. The van der Waals surface area contributed by atoms with Gasteiger partial charge in [-0.05, 0) is 36.5 Å². The van der Waals surface area contributed by atoms with E-state index >= 15 is 8.78 Å². The van der Waals surface area contributed by atoms with Gasteiger partial charge in [0.2, 0.25) is 11.6 Å². The molecule has 6 atom stereocenters. The molecule has 2 saturated heterocycles. The van der Waals surface area contributed by atoms with Crippen molar-refractivity contribution < 1.29 is 60.9 Å². The third-order valence-electron chi connectivity index (χ3n) is 9.03.